The molecule has 34 valence electrons. The third-order valence-corrected chi connectivity index (χ3v) is 2.03. The van der Waals surface area contributed by atoms with Gasteiger partial charge in [-0.15, -0.1) is 0 Å². The zero-order valence-corrected chi connectivity index (χ0v) is 5.77. The summed E-state index contributed by atoms with van der Waals surface area (Å²) in [5, 5.41) is 0. The Kier molecular flexibility index (Phi) is 0.694. The lowest BCUT2D eigenvalue weighted by Crippen LogP contribution is -2.40. The first-order valence-electron chi connectivity index (χ1n) is 2.04. The van der Waals surface area contributed by atoms with Crippen LogP contribution in [0.4, 0.5) is 0 Å². The number of nitrogens with zero attached hydrogens (tertiary/aromatic N) is 1. The van der Waals surface area contributed by atoms with Crippen molar-refractivity contribution >= 4 is 16.3 Å². The third-order valence-electron chi connectivity index (χ3n) is 1.09. The van der Waals surface area contributed by atoms with Crippen molar-refractivity contribution in [3.05, 3.63) is 0 Å². The molecule has 0 atom stereocenters. The average Bonchev–Trinajstić information content (AvgIpc) is 1.61. The van der Waals surface area contributed by atoms with Crippen LogP contribution in [0, 0.1) is 0 Å². The van der Waals surface area contributed by atoms with Crippen molar-refractivity contribution < 1.29 is 4.79 Å². The SMILES string of the molecule is O=C1CCN1[SiH3]. The Balaban J connectivity index is 2.39. The molecular weight excluding hydrogens is 94.1 g/mol. The quantitative estimate of drug-likeness (QED) is 0.268. The Morgan fingerprint density at radius 1 is 1.83 bits per heavy atom. The van der Waals surface area contributed by atoms with Crippen molar-refractivity contribution in [2.75, 3.05) is 6.54 Å². The zero-order valence-electron chi connectivity index (χ0n) is 3.77. The maximum atomic E-state index is 10.2. The molecular formula is C3H7NOSi. The molecule has 0 aromatic carbocycles. The molecule has 1 amide bonds. The lowest BCUT2D eigenvalue weighted by molar-refractivity contribution is -0.133. The summed E-state index contributed by atoms with van der Waals surface area (Å²) in [6.07, 6.45) is 0.795. The molecule has 1 saturated heterocycles. The van der Waals surface area contributed by atoms with E-state index in [0.717, 1.165) is 23.4 Å². The molecule has 1 aliphatic rings. The van der Waals surface area contributed by atoms with E-state index in [1.165, 1.54) is 0 Å². The molecule has 1 aliphatic heterocycles. The fraction of sp³-hybridized carbons (Fsp3) is 0.667. The average molecular weight is 101 g/mol. The van der Waals surface area contributed by atoms with Crippen molar-refractivity contribution in [3.8, 4) is 0 Å². The predicted octanol–water partition coefficient (Wildman–Crippen LogP) is -1.50. The van der Waals surface area contributed by atoms with Gasteiger partial charge in [0.15, 0.2) is 0 Å². The first-order chi connectivity index (χ1) is 2.80. The highest BCUT2D eigenvalue weighted by Crippen LogP contribution is 2.01. The summed E-state index contributed by atoms with van der Waals surface area (Å²) >= 11 is 0. The summed E-state index contributed by atoms with van der Waals surface area (Å²) in [5.41, 5.74) is 0. The zero-order chi connectivity index (χ0) is 4.57. The molecule has 0 radical (unpaired) electrons. The summed E-state index contributed by atoms with van der Waals surface area (Å²) in [5.74, 6) is 0.335. The van der Waals surface area contributed by atoms with Gasteiger partial charge in [0.25, 0.3) is 0 Å². The van der Waals surface area contributed by atoms with E-state index < -0.39 is 0 Å². The van der Waals surface area contributed by atoms with E-state index in [0.29, 0.717) is 5.91 Å². The van der Waals surface area contributed by atoms with Gasteiger partial charge in [0.1, 0.15) is 10.4 Å². The van der Waals surface area contributed by atoms with E-state index in [1.807, 2.05) is 4.57 Å². The second-order valence-electron chi connectivity index (χ2n) is 1.57. The monoisotopic (exact) mass is 101 g/mol. The molecule has 0 aromatic rings. The van der Waals surface area contributed by atoms with Crippen LogP contribution in [-0.2, 0) is 4.79 Å². The minimum Gasteiger partial charge on any atom is -0.378 e. The Morgan fingerprint density at radius 3 is 2.33 bits per heavy atom. The van der Waals surface area contributed by atoms with E-state index in [4.69, 9.17) is 0 Å². The molecule has 0 saturated carbocycles. The van der Waals surface area contributed by atoms with Crippen LogP contribution in [-0.4, -0.2) is 27.4 Å². The van der Waals surface area contributed by atoms with E-state index in [9.17, 15) is 4.79 Å². The van der Waals surface area contributed by atoms with Gasteiger partial charge in [0.05, 0.1) is 0 Å². The van der Waals surface area contributed by atoms with Crippen LogP contribution in [0.5, 0.6) is 0 Å². The van der Waals surface area contributed by atoms with Gasteiger partial charge in [0.2, 0.25) is 5.91 Å². The van der Waals surface area contributed by atoms with Crippen molar-refractivity contribution in [1.82, 2.24) is 4.57 Å². The first kappa shape index (κ1) is 3.86. The van der Waals surface area contributed by atoms with Crippen LogP contribution in [0.25, 0.3) is 0 Å². The number of hydrogen-bond acceptors (Lipinski definition) is 1. The van der Waals surface area contributed by atoms with E-state index >= 15 is 0 Å². The fourth-order valence-electron chi connectivity index (χ4n) is 0.427. The number of amides is 1. The Bertz CT molecular complexity index is 82.9. The molecule has 3 heteroatoms. The molecule has 2 nitrogen and oxygen atoms in total. The molecule has 0 aromatic heterocycles. The third kappa shape index (κ3) is 0.353. The second kappa shape index (κ2) is 1.08. The number of hydrogen-bond donors (Lipinski definition) is 0. The topological polar surface area (TPSA) is 20.3 Å². The smallest absolute Gasteiger partial charge is 0.215 e. The Labute approximate surface area is 39.6 Å². The number of carbonyl (C=O) groups is 1. The first-order valence-corrected chi connectivity index (χ1v) is 2.94. The normalized spacial score (nSPS) is 21.3. The summed E-state index contributed by atoms with van der Waals surface area (Å²) < 4.78 is 1.85. The van der Waals surface area contributed by atoms with Gasteiger partial charge >= 0.3 is 0 Å². The van der Waals surface area contributed by atoms with Gasteiger partial charge in [-0.2, -0.15) is 0 Å². The predicted molar refractivity (Wildman–Crippen MR) is 26.3 cm³/mol. The Hall–Kier alpha value is -0.313. The van der Waals surface area contributed by atoms with Crippen LogP contribution < -0.4 is 0 Å². The maximum Gasteiger partial charge on any atom is 0.215 e. The van der Waals surface area contributed by atoms with E-state index in [1.54, 1.807) is 0 Å². The van der Waals surface area contributed by atoms with Crippen molar-refractivity contribution in [3.63, 3.8) is 0 Å². The van der Waals surface area contributed by atoms with Crippen molar-refractivity contribution in [2.45, 2.75) is 6.42 Å². The molecule has 1 rings (SSSR count). The van der Waals surface area contributed by atoms with Crippen LogP contribution in [0.3, 0.4) is 0 Å². The second-order valence-corrected chi connectivity index (χ2v) is 2.64. The highest BCUT2D eigenvalue weighted by Gasteiger charge is 2.16. The lowest BCUT2D eigenvalue weighted by atomic mass is 10.3. The summed E-state index contributed by atoms with van der Waals surface area (Å²) in [4.78, 5) is 10.2. The molecule has 0 N–H and O–H groups in total. The highest BCUT2D eigenvalue weighted by atomic mass is 28.2. The largest absolute Gasteiger partial charge is 0.378 e. The van der Waals surface area contributed by atoms with Gasteiger partial charge in [-0.3, -0.25) is 4.79 Å². The van der Waals surface area contributed by atoms with Crippen LogP contribution >= 0.6 is 0 Å². The van der Waals surface area contributed by atoms with Crippen LogP contribution in [0.15, 0.2) is 0 Å². The highest BCUT2D eigenvalue weighted by molar-refractivity contribution is 6.16. The maximum absolute atomic E-state index is 10.2. The van der Waals surface area contributed by atoms with Gasteiger partial charge < -0.3 is 4.57 Å². The molecule has 1 heterocycles. The fourth-order valence-corrected chi connectivity index (χ4v) is 0.874. The molecule has 0 bridgehead atoms. The summed E-state index contributed by atoms with van der Waals surface area (Å²) in [6, 6.07) is 0. The van der Waals surface area contributed by atoms with Gasteiger partial charge in [-0.1, -0.05) is 0 Å². The van der Waals surface area contributed by atoms with Crippen LogP contribution in [0.1, 0.15) is 6.42 Å². The molecule has 1 fully saturated rings. The minimum absolute atomic E-state index is 0.335. The van der Waals surface area contributed by atoms with Gasteiger partial charge in [-0.25, -0.2) is 0 Å². The molecule has 0 spiro atoms. The molecule has 0 aliphatic carbocycles. The number of carbonyl (C=O) groups excluding carboxylic acids is 1. The number of rotatable bonds is 0. The van der Waals surface area contributed by atoms with E-state index in [-0.39, 0.29) is 0 Å². The van der Waals surface area contributed by atoms with Gasteiger partial charge in [-0.05, 0) is 0 Å². The van der Waals surface area contributed by atoms with Crippen molar-refractivity contribution in [2.24, 2.45) is 0 Å². The minimum atomic E-state index is 0.335. The molecule has 6 heavy (non-hydrogen) atoms. The van der Waals surface area contributed by atoms with Gasteiger partial charge in [0, 0.05) is 13.0 Å². The Morgan fingerprint density at radius 2 is 2.33 bits per heavy atom. The number of β-lactam (4-membered cyclic amide) rings is 1. The van der Waals surface area contributed by atoms with E-state index in [2.05, 4.69) is 0 Å². The standard InChI is InChI=1S/C3H7NOSi/c5-3-1-2-4(3)6/h1-2H2,6H3. The van der Waals surface area contributed by atoms with Crippen molar-refractivity contribution in [1.29, 1.82) is 0 Å². The summed E-state index contributed by atoms with van der Waals surface area (Å²) in [7, 11) is 0.924. The summed E-state index contributed by atoms with van der Waals surface area (Å²) in [6.45, 7) is 1.02. The van der Waals surface area contributed by atoms with Crippen LogP contribution in [0.2, 0.25) is 0 Å². The molecule has 0 unspecified atom stereocenters. The lowest BCUT2D eigenvalue weighted by Gasteiger charge is -2.25.